The van der Waals surface area contributed by atoms with Crippen molar-refractivity contribution in [3.8, 4) is 0 Å². The fraction of sp³-hybridized carbons (Fsp3) is 0.0625. The molecule has 0 spiro atoms. The molecule has 1 aliphatic heterocycles. The fourth-order valence-corrected chi connectivity index (χ4v) is 2.12. The lowest BCUT2D eigenvalue weighted by molar-refractivity contribution is 0.262. The molecular weight excluding hydrogens is 264 g/mol. The van der Waals surface area contributed by atoms with Crippen molar-refractivity contribution < 1.29 is 4.79 Å². The molecule has 5 heteroatoms. The number of hydrogen-bond donors (Lipinski definition) is 4. The Hall–Kier alpha value is -2.95. The van der Waals surface area contributed by atoms with Gasteiger partial charge < -0.3 is 21.3 Å². The lowest BCUT2D eigenvalue weighted by Gasteiger charge is -2.09. The Bertz CT molecular complexity index is 707. The molecule has 0 unspecified atom stereocenters. The van der Waals surface area contributed by atoms with E-state index >= 15 is 0 Å². The lowest BCUT2D eigenvalue weighted by atomic mass is 10.2. The van der Waals surface area contributed by atoms with Crippen LogP contribution in [0.5, 0.6) is 0 Å². The van der Waals surface area contributed by atoms with Gasteiger partial charge in [-0.05, 0) is 37.3 Å². The molecule has 4 N–H and O–H groups in total. The number of rotatable bonds is 2. The second kappa shape index (κ2) is 5.20. The molecule has 0 aromatic heterocycles. The van der Waals surface area contributed by atoms with E-state index in [-0.39, 0.29) is 6.03 Å². The number of anilines is 4. The van der Waals surface area contributed by atoms with E-state index in [1.54, 1.807) is 0 Å². The average molecular weight is 280 g/mol. The van der Waals surface area contributed by atoms with E-state index in [9.17, 15) is 4.79 Å². The van der Waals surface area contributed by atoms with E-state index < -0.39 is 0 Å². The summed E-state index contributed by atoms with van der Waals surface area (Å²) < 4.78 is 0. The molecule has 0 saturated carbocycles. The Morgan fingerprint density at radius 1 is 0.952 bits per heavy atom. The van der Waals surface area contributed by atoms with Gasteiger partial charge in [0.05, 0.1) is 11.4 Å². The third-order valence-electron chi connectivity index (χ3n) is 3.16. The minimum absolute atomic E-state index is 0.274. The molecule has 106 valence electrons. The van der Waals surface area contributed by atoms with Crippen LogP contribution < -0.4 is 21.3 Å². The van der Waals surface area contributed by atoms with Gasteiger partial charge in [-0.2, -0.15) is 0 Å². The summed E-state index contributed by atoms with van der Waals surface area (Å²) in [4.78, 5) is 12.0. The predicted molar refractivity (Wildman–Crippen MR) is 86.6 cm³/mol. The number of carbonyl (C=O) groups excluding carboxylic acids is 1. The second-order valence-electron chi connectivity index (χ2n) is 4.93. The van der Waals surface area contributed by atoms with Crippen molar-refractivity contribution in [3.63, 3.8) is 0 Å². The molecule has 2 amide bonds. The highest BCUT2D eigenvalue weighted by molar-refractivity contribution is 6.00. The number of nitrogens with one attached hydrogen (secondary N) is 4. The van der Waals surface area contributed by atoms with Crippen LogP contribution in [0.4, 0.5) is 27.5 Å². The van der Waals surface area contributed by atoms with Crippen LogP contribution in [0.1, 0.15) is 5.56 Å². The highest BCUT2D eigenvalue weighted by Crippen LogP contribution is 2.32. The lowest BCUT2D eigenvalue weighted by Crippen LogP contribution is -2.19. The number of urea groups is 1. The maximum Gasteiger partial charge on any atom is 0.323 e. The van der Waals surface area contributed by atoms with Gasteiger partial charge in [-0.3, -0.25) is 0 Å². The van der Waals surface area contributed by atoms with Crippen LogP contribution in [0.2, 0.25) is 0 Å². The molecule has 5 nitrogen and oxygen atoms in total. The van der Waals surface area contributed by atoms with Gasteiger partial charge in [0.2, 0.25) is 0 Å². The summed E-state index contributed by atoms with van der Waals surface area (Å²) in [6.45, 7) is 5.80. The normalized spacial score (nSPS) is 12.1. The van der Waals surface area contributed by atoms with Crippen molar-refractivity contribution >= 4 is 28.8 Å². The van der Waals surface area contributed by atoms with Crippen molar-refractivity contribution in [2.45, 2.75) is 6.92 Å². The zero-order valence-electron chi connectivity index (χ0n) is 11.7. The molecule has 0 atom stereocenters. The SMILES string of the molecule is C=C1Nc2ccc(NC(=O)Nc3ccc(C)cc3)cc2N1. The third-order valence-corrected chi connectivity index (χ3v) is 3.16. The molecular formula is C16H16N4O. The van der Waals surface area contributed by atoms with Crippen LogP contribution in [-0.4, -0.2) is 6.03 Å². The predicted octanol–water partition coefficient (Wildman–Crippen LogP) is 3.95. The van der Waals surface area contributed by atoms with Crippen LogP contribution >= 0.6 is 0 Å². The summed E-state index contributed by atoms with van der Waals surface area (Å²) in [6.07, 6.45) is 0. The van der Waals surface area contributed by atoms with Crippen LogP contribution in [0.25, 0.3) is 0 Å². The van der Waals surface area contributed by atoms with E-state index in [4.69, 9.17) is 0 Å². The van der Waals surface area contributed by atoms with E-state index in [0.717, 1.165) is 28.4 Å². The van der Waals surface area contributed by atoms with Crippen LogP contribution in [-0.2, 0) is 0 Å². The van der Waals surface area contributed by atoms with E-state index in [1.165, 1.54) is 0 Å². The molecule has 0 radical (unpaired) electrons. The minimum Gasteiger partial charge on any atom is -0.341 e. The highest BCUT2D eigenvalue weighted by atomic mass is 16.2. The van der Waals surface area contributed by atoms with Crippen molar-refractivity contribution in [2.24, 2.45) is 0 Å². The summed E-state index contributed by atoms with van der Waals surface area (Å²) in [5.41, 5.74) is 4.46. The summed E-state index contributed by atoms with van der Waals surface area (Å²) in [5.74, 6) is 0.728. The van der Waals surface area contributed by atoms with E-state index in [1.807, 2.05) is 49.4 Å². The standard InChI is InChI=1S/C16H16N4O/c1-10-3-5-12(6-4-10)19-16(21)20-13-7-8-14-15(9-13)18-11(2)17-14/h3-9,17-18H,2H2,1H3,(H2,19,20,21). The van der Waals surface area contributed by atoms with Crippen LogP contribution in [0.15, 0.2) is 54.9 Å². The molecule has 0 aliphatic carbocycles. The first-order valence-corrected chi connectivity index (χ1v) is 6.62. The molecule has 0 fully saturated rings. The topological polar surface area (TPSA) is 65.2 Å². The van der Waals surface area contributed by atoms with Crippen molar-refractivity contribution in [2.75, 3.05) is 21.3 Å². The van der Waals surface area contributed by atoms with Gasteiger partial charge >= 0.3 is 6.03 Å². The van der Waals surface area contributed by atoms with Crippen LogP contribution in [0.3, 0.4) is 0 Å². The number of hydrogen-bond acceptors (Lipinski definition) is 3. The Morgan fingerprint density at radius 3 is 2.33 bits per heavy atom. The molecule has 3 rings (SSSR count). The van der Waals surface area contributed by atoms with Gasteiger partial charge in [-0.1, -0.05) is 24.3 Å². The van der Waals surface area contributed by atoms with Crippen molar-refractivity contribution in [1.82, 2.24) is 0 Å². The summed E-state index contributed by atoms with van der Waals surface area (Å²) in [5, 5.41) is 11.8. The fourth-order valence-electron chi connectivity index (χ4n) is 2.12. The third kappa shape index (κ3) is 2.97. The van der Waals surface area contributed by atoms with Gasteiger partial charge in [0.1, 0.15) is 5.82 Å². The number of carbonyl (C=O) groups is 1. The van der Waals surface area contributed by atoms with Gasteiger partial charge in [0, 0.05) is 11.4 Å². The maximum absolute atomic E-state index is 12.0. The Morgan fingerprint density at radius 2 is 1.57 bits per heavy atom. The van der Waals surface area contributed by atoms with Crippen molar-refractivity contribution in [3.05, 3.63) is 60.4 Å². The zero-order chi connectivity index (χ0) is 14.8. The molecule has 21 heavy (non-hydrogen) atoms. The Balaban J connectivity index is 1.66. The van der Waals surface area contributed by atoms with Gasteiger partial charge in [0.15, 0.2) is 0 Å². The number of fused-ring (bicyclic) bond motifs is 1. The van der Waals surface area contributed by atoms with E-state index in [2.05, 4.69) is 27.8 Å². The maximum atomic E-state index is 12.0. The average Bonchev–Trinajstić information content (AvgIpc) is 2.80. The van der Waals surface area contributed by atoms with Gasteiger partial charge in [0.25, 0.3) is 0 Å². The number of aryl methyl sites for hydroxylation is 1. The largest absolute Gasteiger partial charge is 0.341 e. The molecule has 1 aliphatic rings. The Kier molecular flexibility index (Phi) is 3.23. The molecule has 2 aromatic carbocycles. The molecule has 1 heterocycles. The Labute approximate surface area is 123 Å². The van der Waals surface area contributed by atoms with Gasteiger partial charge in [-0.25, -0.2) is 4.79 Å². The number of benzene rings is 2. The molecule has 2 aromatic rings. The minimum atomic E-state index is -0.274. The smallest absolute Gasteiger partial charge is 0.323 e. The first-order valence-electron chi connectivity index (χ1n) is 6.62. The summed E-state index contributed by atoms with van der Waals surface area (Å²) in [6, 6.07) is 12.9. The number of amides is 2. The second-order valence-corrected chi connectivity index (χ2v) is 4.93. The van der Waals surface area contributed by atoms with Crippen molar-refractivity contribution in [1.29, 1.82) is 0 Å². The zero-order valence-corrected chi connectivity index (χ0v) is 11.7. The van der Waals surface area contributed by atoms with E-state index in [0.29, 0.717) is 5.69 Å². The first-order chi connectivity index (χ1) is 10.1. The van der Waals surface area contributed by atoms with Crippen LogP contribution in [0, 0.1) is 6.92 Å². The molecule has 0 saturated heterocycles. The first kappa shape index (κ1) is 13.1. The summed E-state index contributed by atoms with van der Waals surface area (Å²) >= 11 is 0. The van der Waals surface area contributed by atoms with Gasteiger partial charge in [-0.15, -0.1) is 0 Å². The molecule has 0 bridgehead atoms. The highest BCUT2D eigenvalue weighted by Gasteiger charge is 2.13. The monoisotopic (exact) mass is 280 g/mol. The quantitative estimate of drug-likeness (QED) is 0.673. The summed E-state index contributed by atoms with van der Waals surface area (Å²) in [7, 11) is 0.